The van der Waals surface area contributed by atoms with Gasteiger partial charge in [0.25, 0.3) is 0 Å². The van der Waals surface area contributed by atoms with Crippen LogP contribution in [0.15, 0.2) is 18.2 Å². The summed E-state index contributed by atoms with van der Waals surface area (Å²) >= 11 is 1.13. The van der Waals surface area contributed by atoms with E-state index in [0.717, 1.165) is 16.7 Å². The molecule has 1 aliphatic rings. The number of imide groups is 1. The van der Waals surface area contributed by atoms with Gasteiger partial charge in [0, 0.05) is 23.9 Å². The van der Waals surface area contributed by atoms with Crippen molar-refractivity contribution in [3.8, 4) is 0 Å². The molecule has 7 heteroatoms. The number of thioether (sulfide) groups is 1. The summed E-state index contributed by atoms with van der Waals surface area (Å²) in [4.78, 5) is 24.7. The number of rotatable bonds is 4. The molecule has 1 saturated heterocycles. The SMILES string of the molecule is C[C@H](S[C@H](C)c1c(F)cccc1F)C(=O)N1CCNC1=O. The number of carbonyl (C=O) groups excluding carboxylic acids is 2. The van der Waals surface area contributed by atoms with Crippen LogP contribution in [0, 0.1) is 11.6 Å². The van der Waals surface area contributed by atoms with Gasteiger partial charge in [0.15, 0.2) is 0 Å². The molecule has 0 bridgehead atoms. The van der Waals surface area contributed by atoms with Crippen molar-refractivity contribution < 1.29 is 18.4 Å². The normalized spacial score (nSPS) is 17.5. The monoisotopic (exact) mass is 314 g/mol. The van der Waals surface area contributed by atoms with Crippen molar-refractivity contribution in [2.75, 3.05) is 13.1 Å². The highest BCUT2D eigenvalue weighted by atomic mass is 32.2. The molecule has 2 rings (SSSR count). The molecular formula is C14H16F2N2O2S. The van der Waals surface area contributed by atoms with Gasteiger partial charge in [-0.2, -0.15) is 0 Å². The lowest BCUT2D eigenvalue weighted by atomic mass is 10.1. The highest BCUT2D eigenvalue weighted by Gasteiger charge is 2.31. The average Bonchev–Trinajstić information content (AvgIpc) is 2.83. The molecule has 2 atom stereocenters. The second-order valence-corrected chi connectivity index (χ2v) is 6.46. The van der Waals surface area contributed by atoms with Crippen LogP contribution < -0.4 is 5.32 Å². The average molecular weight is 314 g/mol. The molecule has 1 heterocycles. The molecule has 114 valence electrons. The van der Waals surface area contributed by atoms with E-state index in [1.54, 1.807) is 13.8 Å². The first-order valence-corrected chi connectivity index (χ1v) is 7.54. The van der Waals surface area contributed by atoms with Gasteiger partial charge in [-0.15, -0.1) is 11.8 Å². The van der Waals surface area contributed by atoms with Crippen LogP contribution in [0.25, 0.3) is 0 Å². The van der Waals surface area contributed by atoms with Gasteiger partial charge in [0.05, 0.1) is 5.25 Å². The summed E-state index contributed by atoms with van der Waals surface area (Å²) in [5.41, 5.74) is -0.0481. The zero-order chi connectivity index (χ0) is 15.6. The van der Waals surface area contributed by atoms with Gasteiger partial charge in [0.2, 0.25) is 5.91 Å². The Morgan fingerprint density at radius 3 is 2.48 bits per heavy atom. The number of hydrogen-bond donors (Lipinski definition) is 1. The number of hydrogen-bond acceptors (Lipinski definition) is 3. The number of carbonyl (C=O) groups is 2. The van der Waals surface area contributed by atoms with Crippen LogP contribution >= 0.6 is 11.8 Å². The zero-order valence-corrected chi connectivity index (χ0v) is 12.5. The minimum absolute atomic E-state index is 0.0481. The third kappa shape index (κ3) is 3.34. The smallest absolute Gasteiger partial charge is 0.324 e. The second kappa shape index (κ2) is 6.43. The summed E-state index contributed by atoms with van der Waals surface area (Å²) in [6.45, 7) is 4.03. The minimum atomic E-state index is -0.631. The van der Waals surface area contributed by atoms with E-state index in [2.05, 4.69) is 5.32 Å². The Hall–Kier alpha value is -1.63. The van der Waals surface area contributed by atoms with Crippen LogP contribution in [0.3, 0.4) is 0 Å². The summed E-state index contributed by atoms with van der Waals surface area (Å²) in [5, 5.41) is 1.45. The summed E-state index contributed by atoms with van der Waals surface area (Å²) < 4.78 is 27.4. The Bertz CT molecular complexity index is 548. The molecule has 1 aromatic carbocycles. The predicted octanol–water partition coefficient (Wildman–Crippen LogP) is 2.70. The number of nitrogens with zero attached hydrogens (tertiary/aromatic N) is 1. The number of urea groups is 1. The van der Waals surface area contributed by atoms with Crippen molar-refractivity contribution in [2.24, 2.45) is 0 Å². The standard InChI is InChI=1S/C14H16F2N2O2S/c1-8(12-10(15)4-3-5-11(12)16)21-9(2)13(19)18-7-6-17-14(18)20/h3-5,8-9H,6-7H2,1-2H3,(H,17,20)/t8-,9+/m1/s1. The summed E-state index contributed by atoms with van der Waals surface area (Å²) in [7, 11) is 0. The number of nitrogens with one attached hydrogen (secondary N) is 1. The van der Waals surface area contributed by atoms with E-state index in [0.29, 0.717) is 13.1 Å². The van der Waals surface area contributed by atoms with Crippen molar-refractivity contribution in [2.45, 2.75) is 24.3 Å². The van der Waals surface area contributed by atoms with Crippen molar-refractivity contribution in [1.82, 2.24) is 10.2 Å². The molecule has 0 spiro atoms. The molecule has 3 amide bonds. The Balaban J connectivity index is 2.07. The molecule has 4 nitrogen and oxygen atoms in total. The number of amides is 3. The molecule has 0 unspecified atom stereocenters. The second-order valence-electron chi connectivity index (χ2n) is 4.78. The Kier molecular flexibility index (Phi) is 4.82. The Labute approximate surface area is 125 Å². The third-order valence-corrected chi connectivity index (χ3v) is 4.54. The van der Waals surface area contributed by atoms with Gasteiger partial charge in [0.1, 0.15) is 11.6 Å². The van der Waals surface area contributed by atoms with E-state index in [9.17, 15) is 18.4 Å². The molecule has 0 aliphatic carbocycles. The Morgan fingerprint density at radius 1 is 1.33 bits per heavy atom. The highest BCUT2D eigenvalue weighted by molar-refractivity contribution is 8.00. The van der Waals surface area contributed by atoms with Crippen molar-refractivity contribution in [3.63, 3.8) is 0 Å². The molecule has 21 heavy (non-hydrogen) atoms. The van der Waals surface area contributed by atoms with Crippen molar-refractivity contribution in [3.05, 3.63) is 35.4 Å². The Morgan fingerprint density at radius 2 is 1.95 bits per heavy atom. The van der Waals surface area contributed by atoms with E-state index < -0.39 is 28.2 Å². The maximum absolute atomic E-state index is 13.7. The maximum Gasteiger partial charge on any atom is 0.324 e. The lowest BCUT2D eigenvalue weighted by Crippen LogP contribution is -2.39. The van der Waals surface area contributed by atoms with Gasteiger partial charge < -0.3 is 5.32 Å². The molecule has 1 aliphatic heterocycles. The fourth-order valence-electron chi connectivity index (χ4n) is 2.23. The van der Waals surface area contributed by atoms with Gasteiger partial charge in [-0.05, 0) is 26.0 Å². The van der Waals surface area contributed by atoms with E-state index in [4.69, 9.17) is 0 Å². The van der Waals surface area contributed by atoms with Crippen LogP contribution in [-0.2, 0) is 4.79 Å². The van der Waals surface area contributed by atoms with Crippen molar-refractivity contribution >= 4 is 23.7 Å². The summed E-state index contributed by atoms with van der Waals surface area (Å²) in [5.74, 6) is -1.61. The first-order valence-electron chi connectivity index (χ1n) is 6.60. The van der Waals surface area contributed by atoms with Gasteiger partial charge in [-0.3, -0.25) is 9.69 Å². The van der Waals surface area contributed by atoms with Gasteiger partial charge >= 0.3 is 6.03 Å². The highest BCUT2D eigenvalue weighted by Crippen LogP contribution is 2.35. The summed E-state index contributed by atoms with van der Waals surface area (Å²) in [6.07, 6.45) is 0. The first kappa shape index (κ1) is 15.8. The third-order valence-electron chi connectivity index (χ3n) is 3.29. The van der Waals surface area contributed by atoms with Crippen molar-refractivity contribution in [1.29, 1.82) is 0 Å². The fourth-order valence-corrected chi connectivity index (χ4v) is 3.45. The molecule has 1 N–H and O–H groups in total. The largest absolute Gasteiger partial charge is 0.336 e. The van der Waals surface area contributed by atoms with Gasteiger partial charge in [-0.25, -0.2) is 13.6 Å². The molecular weight excluding hydrogens is 298 g/mol. The van der Waals surface area contributed by atoms with Crippen LogP contribution in [0.5, 0.6) is 0 Å². The van der Waals surface area contributed by atoms with Crippen LogP contribution in [0.1, 0.15) is 24.7 Å². The molecule has 1 fully saturated rings. The minimum Gasteiger partial charge on any atom is -0.336 e. The van der Waals surface area contributed by atoms with E-state index >= 15 is 0 Å². The van der Waals surface area contributed by atoms with E-state index in [-0.39, 0.29) is 11.5 Å². The predicted molar refractivity (Wildman–Crippen MR) is 76.9 cm³/mol. The lowest BCUT2D eigenvalue weighted by molar-refractivity contribution is -0.126. The van der Waals surface area contributed by atoms with E-state index in [1.807, 2.05) is 0 Å². The molecule has 0 saturated carbocycles. The quantitative estimate of drug-likeness (QED) is 0.929. The maximum atomic E-state index is 13.7. The zero-order valence-electron chi connectivity index (χ0n) is 11.7. The fraction of sp³-hybridized carbons (Fsp3) is 0.429. The molecule has 0 aromatic heterocycles. The molecule has 1 aromatic rings. The summed E-state index contributed by atoms with van der Waals surface area (Å²) in [6, 6.07) is 3.26. The van der Waals surface area contributed by atoms with Crippen LogP contribution in [0.4, 0.5) is 13.6 Å². The lowest BCUT2D eigenvalue weighted by Gasteiger charge is -2.21. The topological polar surface area (TPSA) is 49.4 Å². The number of benzene rings is 1. The van der Waals surface area contributed by atoms with E-state index in [1.165, 1.54) is 18.2 Å². The number of halogens is 2. The molecule has 0 radical (unpaired) electrons. The first-order chi connectivity index (χ1) is 9.91. The van der Waals surface area contributed by atoms with Crippen LogP contribution in [-0.4, -0.2) is 35.2 Å². The van der Waals surface area contributed by atoms with Gasteiger partial charge in [-0.1, -0.05) is 6.07 Å². The van der Waals surface area contributed by atoms with Crippen LogP contribution in [0.2, 0.25) is 0 Å².